The Balaban J connectivity index is 1.35. The van der Waals surface area contributed by atoms with E-state index in [1.54, 1.807) is 48.9 Å². The van der Waals surface area contributed by atoms with Gasteiger partial charge in [-0.1, -0.05) is 29.8 Å². The molecule has 2 aromatic carbocycles. The SMILES string of the molecule is COc1cccc(-c2nc3sccn3c2-c2ccnc(NCCNS(=O)(=O)c3ccc(C)cc3)n2)c1. The summed E-state index contributed by atoms with van der Waals surface area (Å²) in [5, 5.41) is 5.08. The maximum atomic E-state index is 12.5. The lowest BCUT2D eigenvalue weighted by Gasteiger charge is -2.10. The molecule has 0 atom stereocenters. The topological polar surface area (TPSA) is 111 Å². The fourth-order valence-electron chi connectivity index (χ4n) is 3.74. The fourth-order valence-corrected chi connectivity index (χ4v) is 5.48. The van der Waals surface area contributed by atoms with Crippen LogP contribution in [0.15, 0.2) is 77.3 Å². The number of fused-ring (bicyclic) bond motifs is 1. The third-order valence-corrected chi connectivity index (χ3v) is 7.77. The Hall–Kier alpha value is -3.80. The summed E-state index contributed by atoms with van der Waals surface area (Å²) < 4.78 is 35.0. The van der Waals surface area contributed by atoms with Crippen LogP contribution in [0.1, 0.15) is 5.56 Å². The highest BCUT2D eigenvalue weighted by Crippen LogP contribution is 2.34. The summed E-state index contributed by atoms with van der Waals surface area (Å²) in [6, 6.07) is 16.3. The summed E-state index contributed by atoms with van der Waals surface area (Å²) in [4.78, 5) is 14.9. The molecule has 2 N–H and O–H groups in total. The van der Waals surface area contributed by atoms with E-state index in [9.17, 15) is 8.42 Å². The summed E-state index contributed by atoms with van der Waals surface area (Å²) in [7, 11) is -1.95. The van der Waals surface area contributed by atoms with Crippen LogP contribution < -0.4 is 14.8 Å². The molecule has 5 aromatic rings. The van der Waals surface area contributed by atoms with Crippen LogP contribution in [0.3, 0.4) is 0 Å². The molecule has 0 unspecified atom stereocenters. The molecule has 0 saturated carbocycles. The molecule has 9 nitrogen and oxygen atoms in total. The second-order valence-electron chi connectivity index (χ2n) is 8.00. The first-order valence-corrected chi connectivity index (χ1v) is 13.5. The van der Waals surface area contributed by atoms with Gasteiger partial charge < -0.3 is 10.1 Å². The molecule has 11 heteroatoms. The molecule has 0 spiro atoms. The van der Waals surface area contributed by atoms with Crippen LogP contribution in [0.2, 0.25) is 0 Å². The summed E-state index contributed by atoms with van der Waals surface area (Å²) in [6.45, 7) is 2.41. The van der Waals surface area contributed by atoms with Crippen LogP contribution in [0, 0.1) is 6.92 Å². The van der Waals surface area contributed by atoms with E-state index in [4.69, 9.17) is 9.72 Å². The van der Waals surface area contributed by atoms with E-state index in [2.05, 4.69) is 20.0 Å². The van der Waals surface area contributed by atoms with Crippen molar-refractivity contribution in [3.63, 3.8) is 0 Å². The van der Waals surface area contributed by atoms with Crippen LogP contribution >= 0.6 is 11.3 Å². The van der Waals surface area contributed by atoms with Gasteiger partial charge in [0.25, 0.3) is 0 Å². The average molecular weight is 521 g/mol. The normalized spacial score (nSPS) is 11.6. The Morgan fingerprint density at radius 3 is 2.69 bits per heavy atom. The van der Waals surface area contributed by atoms with E-state index < -0.39 is 10.0 Å². The van der Waals surface area contributed by atoms with Crippen LogP contribution in [0.4, 0.5) is 5.95 Å². The van der Waals surface area contributed by atoms with E-state index in [0.29, 0.717) is 18.2 Å². The van der Waals surface area contributed by atoms with E-state index >= 15 is 0 Å². The quantitative estimate of drug-likeness (QED) is 0.280. The van der Waals surface area contributed by atoms with Crippen molar-refractivity contribution in [1.29, 1.82) is 0 Å². The highest BCUT2D eigenvalue weighted by molar-refractivity contribution is 7.89. The van der Waals surface area contributed by atoms with E-state index in [1.165, 1.54) is 0 Å². The lowest BCUT2D eigenvalue weighted by Crippen LogP contribution is -2.29. The Morgan fingerprint density at radius 2 is 1.89 bits per heavy atom. The van der Waals surface area contributed by atoms with Crippen molar-refractivity contribution in [3.05, 3.63) is 77.9 Å². The van der Waals surface area contributed by atoms with Gasteiger partial charge in [-0.15, -0.1) is 11.3 Å². The van der Waals surface area contributed by atoms with Crippen LogP contribution in [0.25, 0.3) is 27.6 Å². The van der Waals surface area contributed by atoms with Gasteiger partial charge >= 0.3 is 0 Å². The van der Waals surface area contributed by atoms with Gasteiger partial charge in [-0.2, -0.15) is 0 Å². The van der Waals surface area contributed by atoms with Crippen molar-refractivity contribution in [2.75, 3.05) is 25.5 Å². The smallest absolute Gasteiger partial charge is 0.240 e. The van der Waals surface area contributed by atoms with E-state index in [-0.39, 0.29) is 11.4 Å². The number of nitrogens with one attached hydrogen (secondary N) is 2. The van der Waals surface area contributed by atoms with Gasteiger partial charge in [0.1, 0.15) is 11.4 Å². The highest BCUT2D eigenvalue weighted by Gasteiger charge is 2.19. The maximum absolute atomic E-state index is 12.5. The number of methoxy groups -OCH3 is 1. The third-order valence-electron chi connectivity index (χ3n) is 5.53. The molecular formula is C25H24N6O3S2. The number of hydrogen-bond acceptors (Lipinski definition) is 8. The van der Waals surface area contributed by atoms with Crippen molar-refractivity contribution in [3.8, 4) is 28.4 Å². The van der Waals surface area contributed by atoms with Gasteiger partial charge in [0, 0.05) is 36.4 Å². The number of imidazole rings is 1. The van der Waals surface area contributed by atoms with Crippen LogP contribution in [0.5, 0.6) is 5.75 Å². The minimum Gasteiger partial charge on any atom is -0.497 e. The molecule has 0 aliphatic heterocycles. The summed E-state index contributed by atoms with van der Waals surface area (Å²) in [5.74, 6) is 1.14. The number of aromatic nitrogens is 4. The van der Waals surface area contributed by atoms with E-state index in [0.717, 1.165) is 33.2 Å². The molecule has 0 amide bonds. The first kappa shape index (κ1) is 23.9. The zero-order valence-corrected chi connectivity index (χ0v) is 21.3. The third kappa shape index (κ3) is 4.94. The Morgan fingerprint density at radius 1 is 1.06 bits per heavy atom. The molecule has 3 heterocycles. The minimum atomic E-state index is -3.59. The fraction of sp³-hybridized carbons (Fsp3) is 0.160. The number of aryl methyl sites for hydroxylation is 1. The largest absolute Gasteiger partial charge is 0.497 e. The number of thiazole rings is 1. The number of ether oxygens (including phenoxy) is 1. The van der Waals surface area contributed by atoms with Crippen LogP contribution in [-0.4, -0.2) is 48.0 Å². The highest BCUT2D eigenvalue weighted by atomic mass is 32.2. The zero-order chi connectivity index (χ0) is 25.1. The predicted octanol–water partition coefficient (Wildman–Crippen LogP) is 4.23. The first-order chi connectivity index (χ1) is 17.4. The lowest BCUT2D eigenvalue weighted by atomic mass is 10.1. The number of nitrogens with zero attached hydrogens (tertiary/aromatic N) is 4. The molecule has 0 fully saturated rings. The Labute approximate surface area is 212 Å². The van der Waals surface area contributed by atoms with Gasteiger partial charge in [-0.3, -0.25) is 4.40 Å². The van der Waals surface area contributed by atoms with Crippen LogP contribution in [-0.2, 0) is 10.0 Å². The lowest BCUT2D eigenvalue weighted by molar-refractivity contribution is 0.415. The van der Waals surface area contributed by atoms with Crippen molar-refractivity contribution < 1.29 is 13.2 Å². The second kappa shape index (κ2) is 10.1. The Kier molecular flexibility index (Phi) is 6.68. The molecule has 5 rings (SSSR count). The molecular weight excluding hydrogens is 496 g/mol. The van der Waals surface area contributed by atoms with Crippen molar-refractivity contribution in [2.24, 2.45) is 0 Å². The Bertz CT molecular complexity index is 1610. The monoisotopic (exact) mass is 520 g/mol. The predicted molar refractivity (Wildman–Crippen MR) is 141 cm³/mol. The molecule has 0 aliphatic carbocycles. The van der Waals surface area contributed by atoms with Gasteiger partial charge in [-0.05, 0) is 37.3 Å². The molecule has 0 radical (unpaired) electrons. The minimum absolute atomic E-state index is 0.181. The van der Waals surface area contributed by atoms with Gasteiger partial charge in [0.15, 0.2) is 4.96 Å². The maximum Gasteiger partial charge on any atom is 0.240 e. The number of benzene rings is 2. The standard InChI is InChI=1S/C25H24N6O3S2/c1-17-6-8-20(9-7-17)36(32,33)28-13-12-27-24-26-11-10-21(29-24)23-22(30-25-31(23)14-15-35-25)18-4-3-5-19(16-18)34-2/h3-11,14-16,28H,12-13H2,1-2H3,(H,26,27,29). The average Bonchev–Trinajstić information content (AvgIpc) is 3.49. The van der Waals surface area contributed by atoms with Crippen molar-refractivity contribution >= 4 is 32.3 Å². The number of sulfonamides is 1. The molecule has 36 heavy (non-hydrogen) atoms. The summed E-state index contributed by atoms with van der Waals surface area (Å²) in [5.41, 5.74) is 4.23. The van der Waals surface area contributed by atoms with Gasteiger partial charge in [-0.25, -0.2) is 28.1 Å². The first-order valence-electron chi connectivity index (χ1n) is 11.2. The molecule has 3 aromatic heterocycles. The second-order valence-corrected chi connectivity index (χ2v) is 10.6. The molecule has 0 saturated heterocycles. The number of anilines is 1. The van der Waals surface area contributed by atoms with Crippen molar-refractivity contribution in [2.45, 2.75) is 11.8 Å². The zero-order valence-electron chi connectivity index (χ0n) is 19.7. The van der Waals surface area contributed by atoms with Gasteiger partial charge in [0.05, 0.1) is 23.4 Å². The molecule has 184 valence electrons. The summed E-state index contributed by atoms with van der Waals surface area (Å²) in [6.07, 6.45) is 3.63. The molecule has 0 aliphatic rings. The summed E-state index contributed by atoms with van der Waals surface area (Å²) >= 11 is 1.54. The number of rotatable bonds is 9. The molecule has 0 bridgehead atoms. The van der Waals surface area contributed by atoms with E-state index in [1.807, 2.05) is 53.2 Å². The number of hydrogen-bond donors (Lipinski definition) is 2. The van der Waals surface area contributed by atoms with Gasteiger partial charge in [0.2, 0.25) is 16.0 Å². The van der Waals surface area contributed by atoms with Crippen molar-refractivity contribution in [1.82, 2.24) is 24.1 Å².